The predicted octanol–water partition coefficient (Wildman–Crippen LogP) is 1.99. The number of rotatable bonds is 6. The van der Waals surface area contributed by atoms with E-state index in [1.807, 2.05) is 0 Å². The first-order valence-electron chi connectivity index (χ1n) is 9.21. The third-order valence-corrected chi connectivity index (χ3v) is 5.16. The summed E-state index contributed by atoms with van der Waals surface area (Å²) in [5, 5.41) is 0. The zero-order chi connectivity index (χ0) is 17.9. The molecule has 2 unspecified atom stereocenters. The number of nitrogens with two attached hydrogens (primary N) is 3. The summed E-state index contributed by atoms with van der Waals surface area (Å²) in [6, 6.07) is 0. The van der Waals surface area contributed by atoms with Crippen molar-refractivity contribution in [2.75, 3.05) is 0 Å². The minimum absolute atomic E-state index is 0.215. The molecule has 1 saturated carbocycles. The van der Waals surface area contributed by atoms with Crippen molar-refractivity contribution in [2.45, 2.75) is 77.0 Å². The number of carbonyl (C=O) groups is 3. The molecule has 6 heteroatoms. The molecule has 6 nitrogen and oxygen atoms in total. The fourth-order valence-electron chi connectivity index (χ4n) is 3.88. The van der Waals surface area contributed by atoms with Crippen molar-refractivity contribution in [1.29, 1.82) is 0 Å². The fraction of sp³-hybridized carbons (Fsp3) is 0.833. The van der Waals surface area contributed by atoms with Crippen LogP contribution in [0.4, 0.5) is 0 Å². The third-order valence-electron chi connectivity index (χ3n) is 5.16. The van der Waals surface area contributed by atoms with E-state index in [4.69, 9.17) is 17.2 Å². The van der Waals surface area contributed by atoms with Gasteiger partial charge in [-0.3, -0.25) is 14.4 Å². The van der Waals surface area contributed by atoms with Crippen LogP contribution in [-0.2, 0) is 14.4 Å². The number of hydrogen-bond donors (Lipinski definition) is 3. The number of hydrogen-bond acceptors (Lipinski definition) is 3. The Morgan fingerprint density at radius 2 is 0.833 bits per heavy atom. The zero-order valence-corrected chi connectivity index (χ0v) is 14.7. The Bertz CT molecular complexity index is 396. The quantitative estimate of drug-likeness (QED) is 0.684. The Hall–Kier alpha value is -1.59. The predicted molar refractivity (Wildman–Crippen MR) is 93.5 cm³/mol. The van der Waals surface area contributed by atoms with E-state index in [2.05, 4.69) is 0 Å². The van der Waals surface area contributed by atoms with E-state index in [-0.39, 0.29) is 23.6 Å². The monoisotopic (exact) mass is 339 g/mol. The standard InChI is InChI=1S/C18H33N3O3/c19-16(22)10-13-4-2-1-3-5-14(11-17(20)23)7-9-15(8-6-13)12-18(21)24/h13-15H,1-12H2,(H2,19,22)(H2,20,23)(H2,21,24). The fourth-order valence-corrected chi connectivity index (χ4v) is 3.88. The molecule has 1 aliphatic rings. The van der Waals surface area contributed by atoms with Gasteiger partial charge in [0.05, 0.1) is 0 Å². The lowest BCUT2D eigenvalue weighted by Gasteiger charge is -2.24. The Morgan fingerprint density at radius 3 is 1.12 bits per heavy atom. The van der Waals surface area contributed by atoms with Crippen LogP contribution in [0.5, 0.6) is 0 Å². The molecule has 0 heterocycles. The Kier molecular flexibility index (Phi) is 9.42. The van der Waals surface area contributed by atoms with Gasteiger partial charge in [-0.2, -0.15) is 0 Å². The number of primary amides is 3. The van der Waals surface area contributed by atoms with Crippen molar-refractivity contribution in [2.24, 2.45) is 35.0 Å². The summed E-state index contributed by atoms with van der Waals surface area (Å²) in [5.74, 6) is 0.0373. The van der Waals surface area contributed by atoms with Gasteiger partial charge in [0, 0.05) is 19.3 Å². The molecule has 1 aliphatic carbocycles. The SMILES string of the molecule is NC(=O)CC1CCCCCC(CC(N)=O)CCC(CC(N)=O)CC1. The van der Waals surface area contributed by atoms with Crippen LogP contribution in [0.15, 0.2) is 0 Å². The molecule has 1 fully saturated rings. The van der Waals surface area contributed by atoms with E-state index in [1.165, 1.54) is 0 Å². The molecule has 0 bridgehead atoms. The second kappa shape index (κ2) is 11.0. The summed E-state index contributed by atoms with van der Waals surface area (Å²) < 4.78 is 0. The summed E-state index contributed by atoms with van der Waals surface area (Å²) in [4.78, 5) is 33.8. The number of amides is 3. The van der Waals surface area contributed by atoms with Crippen molar-refractivity contribution >= 4 is 17.7 Å². The van der Waals surface area contributed by atoms with Crippen LogP contribution >= 0.6 is 0 Å². The summed E-state index contributed by atoms with van der Waals surface area (Å²) in [6.07, 6.45) is 10.0. The molecule has 24 heavy (non-hydrogen) atoms. The molecule has 138 valence electrons. The largest absolute Gasteiger partial charge is 0.370 e. The maximum Gasteiger partial charge on any atom is 0.217 e. The van der Waals surface area contributed by atoms with E-state index >= 15 is 0 Å². The summed E-state index contributed by atoms with van der Waals surface area (Å²) >= 11 is 0. The van der Waals surface area contributed by atoms with Crippen molar-refractivity contribution in [1.82, 2.24) is 0 Å². The third kappa shape index (κ3) is 9.53. The van der Waals surface area contributed by atoms with Crippen molar-refractivity contribution < 1.29 is 14.4 Å². The Balaban J connectivity index is 2.68. The van der Waals surface area contributed by atoms with E-state index in [1.54, 1.807) is 0 Å². The average molecular weight is 339 g/mol. The van der Waals surface area contributed by atoms with Crippen molar-refractivity contribution in [3.8, 4) is 0 Å². The minimum Gasteiger partial charge on any atom is -0.370 e. The summed E-state index contributed by atoms with van der Waals surface area (Å²) in [6.45, 7) is 0. The van der Waals surface area contributed by atoms with E-state index in [0.717, 1.165) is 57.8 Å². The topological polar surface area (TPSA) is 129 Å². The first kappa shape index (κ1) is 20.5. The highest BCUT2D eigenvalue weighted by molar-refractivity contribution is 5.74. The van der Waals surface area contributed by atoms with Gasteiger partial charge in [-0.1, -0.05) is 19.3 Å². The van der Waals surface area contributed by atoms with Gasteiger partial charge in [0.2, 0.25) is 17.7 Å². The normalized spacial score (nSPS) is 26.8. The molecule has 0 aromatic heterocycles. The maximum absolute atomic E-state index is 11.3. The first-order valence-corrected chi connectivity index (χ1v) is 9.21. The van der Waals surface area contributed by atoms with Crippen LogP contribution in [0.1, 0.15) is 77.0 Å². The van der Waals surface area contributed by atoms with Gasteiger partial charge >= 0.3 is 0 Å². The van der Waals surface area contributed by atoms with Gasteiger partial charge in [-0.15, -0.1) is 0 Å². The van der Waals surface area contributed by atoms with Crippen LogP contribution < -0.4 is 17.2 Å². The van der Waals surface area contributed by atoms with E-state index in [9.17, 15) is 14.4 Å². The second-order valence-electron chi connectivity index (χ2n) is 7.40. The zero-order valence-electron chi connectivity index (χ0n) is 14.7. The molecule has 0 radical (unpaired) electrons. The Morgan fingerprint density at radius 1 is 0.542 bits per heavy atom. The molecule has 1 rings (SSSR count). The molecule has 0 aromatic carbocycles. The smallest absolute Gasteiger partial charge is 0.217 e. The Labute approximate surface area is 144 Å². The average Bonchev–Trinajstić information content (AvgIpc) is 2.45. The maximum atomic E-state index is 11.3. The lowest BCUT2D eigenvalue weighted by Crippen LogP contribution is -2.21. The van der Waals surface area contributed by atoms with Gasteiger partial charge in [0.15, 0.2) is 0 Å². The number of carbonyl (C=O) groups excluding carboxylic acids is 3. The van der Waals surface area contributed by atoms with Crippen LogP contribution in [-0.4, -0.2) is 17.7 Å². The van der Waals surface area contributed by atoms with Crippen LogP contribution in [0.3, 0.4) is 0 Å². The molecule has 0 saturated heterocycles. The molecular weight excluding hydrogens is 306 g/mol. The van der Waals surface area contributed by atoms with Gasteiger partial charge < -0.3 is 17.2 Å². The molecule has 0 spiro atoms. The lowest BCUT2D eigenvalue weighted by atomic mass is 9.82. The summed E-state index contributed by atoms with van der Waals surface area (Å²) in [5.41, 5.74) is 16.1. The molecule has 0 aromatic rings. The van der Waals surface area contributed by atoms with Crippen LogP contribution in [0.2, 0.25) is 0 Å². The van der Waals surface area contributed by atoms with Gasteiger partial charge in [0.1, 0.15) is 0 Å². The lowest BCUT2D eigenvalue weighted by molar-refractivity contribution is -0.120. The minimum atomic E-state index is -0.287. The van der Waals surface area contributed by atoms with Crippen molar-refractivity contribution in [3.05, 3.63) is 0 Å². The summed E-state index contributed by atoms with van der Waals surface area (Å²) in [7, 11) is 0. The van der Waals surface area contributed by atoms with Gasteiger partial charge in [0.25, 0.3) is 0 Å². The highest BCUT2D eigenvalue weighted by Crippen LogP contribution is 2.30. The molecule has 6 N–H and O–H groups in total. The van der Waals surface area contributed by atoms with Crippen LogP contribution in [0.25, 0.3) is 0 Å². The second-order valence-corrected chi connectivity index (χ2v) is 7.40. The van der Waals surface area contributed by atoms with Gasteiger partial charge in [-0.05, 0) is 56.3 Å². The highest BCUT2D eigenvalue weighted by atomic mass is 16.1. The first-order chi connectivity index (χ1) is 11.4. The van der Waals surface area contributed by atoms with Crippen LogP contribution in [0, 0.1) is 17.8 Å². The highest BCUT2D eigenvalue weighted by Gasteiger charge is 2.21. The van der Waals surface area contributed by atoms with Crippen molar-refractivity contribution in [3.63, 3.8) is 0 Å². The van der Waals surface area contributed by atoms with E-state index in [0.29, 0.717) is 31.1 Å². The molecular formula is C18H33N3O3. The molecule has 0 aliphatic heterocycles. The molecule has 3 amide bonds. The molecule has 2 atom stereocenters. The van der Waals surface area contributed by atoms with Gasteiger partial charge in [-0.25, -0.2) is 0 Å². The van der Waals surface area contributed by atoms with E-state index < -0.39 is 0 Å².